The second kappa shape index (κ2) is 10.9. The molecule has 8 nitrogen and oxygen atoms in total. The number of carbonyl (C=O) groups is 1. The molecular formula is C31H35N3O5. The van der Waals surface area contributed by atoms with Crippen molar-refractivity contribution in [3.8, 4) is 11.5 Å². The van der Waals surface area contributed by atoms with E-state index in [0.29, 0.717) is 18.0 Å². The number of hydrogen-bond acceptors (Lipinski definition) is 6. The van der Waals surface area contributed by atoms with Gasteiger partial charge in [0.2, 0.25) is 0 Å². The maximum Gasteiger partial charge on any atom is 0.331 e. The number of hydrogen-bond donors (Lipinski definition) is 1. The Morgan fingerprint density at radius 2 is 1.87 bits per heavy atom. The molecule has 1 aromatic heterocycles. The van der Waals surface area contributed by atoms with Crippen molar-refractivity contribution in [1.29, 1.82) is 0 Å². The maximum absolute atomic E-state index is 11.4. The minimum absolute atomic E-state index is 0.159. The minimum Gasteiger partial charge on any atom is -0.478 e. The summed E-state index contributed by atoms with van der Waals surface area (Å²) in [5.74, 6) is 2.13. The van der Waals surface area contributed by atoms with Crippen LogP contribution in [0, 0.1) is 6.92 Å². The molecule has 0 saturated carbocycles. The number of ether oxygens (including phenoxy) is 3. The fourth-order valence-electron chi connectivity index (χ4n) is 5.58. The second-order valence-electron chi connectivity index (χ2n) is 10.8. The van der Waals surface area contributed by atoms with E-state index in [1.54, 1.807) is 19.2 Å². The number of carboxylic acids is 1. The van der Waals surface area contributed by atoms with Crippen molar-refractivity contribution in [2.24, 2.45) is 0 Å². The predicted octanol–water partition coefficient (Wildman–Crippen LogP) is 5.32. The number of piperidine rings is 1. The van der Waals surface area contributed by atoms with Gasteiger partial charge < -0.3 is 23.9 Å². The van der Waals surface area contributed by atoms with Crippen molar-refractivity contribution < 1.29 is 24.1 Å². The molecule has 2 saturated heterocycles. The molecule has 0 radical (unpaired) electrons. The minimum atomic E-state index is -0.918. The number of nitrogens with zero attached hydrogens (tertiary/aromatic N) is 3. The molecule has 2 unspecified atom stereocenters. The van der Waals surface area contributed by atoms with Gasteiger partial charge in [-0.3, -0.25) is 4.90 Å². The summed E-state index contributed by atoms with van der Waals surface area (Å²) in [7, 11) is 0. The molecule has 8 heteroatoms. The van der Waals surface area contributed by atoms with Crippen molar-refractivity contribution in [2.45, 2.75) is 64.5 Å². The average molecular weight is 530 g/mol. The number of carboxylic acid groups (broad SMARTS) is 1. The SMILES string of the molecule is C/C(=C\c1cnc(CN2CCC(c3cccc4c3OC(c3ccc(C)cc3)O4)CC2)n1CC1CCO1)C(=O)O. The molecule has 2 fully saturated rings. The van der Waals surface area contributed by atoms with E-state index in [-0.39, 0.29) is 6.10 Å². The lowest BCUT2D eigenvalue weighted by Gasteiger charge is -2.33. The Labute approximate surface area is 228 Å². The molecule has 0 amide bonds. The third-order valence-electron chi connectivity index (χ3n) is 8.06. The molecule has 204 valence electrons. The highest BCUT2D eigenvalue weighted by atomic mass is 16.7. The molecule has 0 aliphatic carbocycles. The Morgan fingerprint density at radius 1 is 1.10 bits per heavy atom. The van der Waals surface area contributed by atoms with Gasteiger partial charge in [0.25, 0.3) is 6.29 Å². The van der Waals surface area contributed by atoms with Gasteiger partial charge in [-0.2, -0.15) is 0 Å². The molecular weight excluding hydrogens is 494 g/mol. The molecule has 6 rings (SSSR count). The van der Waals surface area contributed by atoms with Crippen molar-refractivity contribution in [3.63, 3.8) is 0 Å². The Hall–Kier alpha value is -3.62. The van der Waals surface area contributed by atoms with E-state index in [1.807, 2.05) is 6.07 Å². The van der Waals surface area contributed by atoms with E-state index in [4.69, 9.17) is 19.2 Å². The average Bonchev–Trinajstić information content (AvgIpc) is 3.51. The number of likely N-dealkylation sites (tertiary alicyclic amines) is 1. The highest BCUT2D eigenvalue weighted by Gasteiger charge is 2.32. The van der Waals surface area contributed by atoms with Crippen LogP contribution < -0.4 is 9.47 Å². The van der Waals surface area contributed by atoms with E-state index in [9.17, 15) is 9.90 Å². The number of benzene rings is 2. The fraction of sp³-hybridized carbons (Fsp3) is 0.419. The first-order chi connectivity index (χ1) is 18.9. The van der Waals surface area contributed by atoms with Crippen LogP contribution >= 0.6 is 0 Å². The summed E-state index contributed by atoms with van der Waals surface area (Å²) in [4.78, 5) is 18.5. The van der Waals surface area contributed by atoms with Crippen molar-refractivity contribution >= 4 is 12.0 Å². The Morgan fingerprint density at radius 3 is 2.56 bits per heavy atom. The van der Waals surface area contributed by atoms with Crippen LogP contribution in [0.5, 0.6) is 11.5 Å². The summed E-state index contributed by atoms with van der Waals surface area (Å²) in [6.07, 6.45) is 6.29. The summed E-state index contributed by atoms with van der Waals surface area (Å²) < 4.78 is 20.3. The van der Waals surface area contributed by atoms with Crippen molar-refractivity contribution in [1.82, 2.24) is 14.5 Å². The van der Waals surface area contributed by atoms with Gasteiger partial charge in [0, 0.05) is 23.3 Å². The van der Waals surface area contributed by atoms with Crippen LogP contribution in [0.2, 0.25) is 0 Å². The summed E-state index contributed by atoms with van der Waals surface area (Å²) >= 11 is 0. The summed E-state index contributed by atoms with van der Waals surface area (Å²) in [5.41, 5.74) is 4.57. The molecule has 3 aliphatic rings. The number of aliphatic carboxylic acids is 1. The molecule has 0 bridgehead atoms. The fourth-order valence-corrected chi connectivity index (χ4v) is 5.58. The molecule has 1 N–H and O–H groups in total. The highest BCUT2D eigenvalue weighted by Crippen LogP contribution is 2.47. The van der Waals surface area contributed by atoms with Crippen molar-refractivity contribution in [2.75, 3.05) is 19.7 Å². The quantitative estimate of drug-likeness (QED) is 0.396. The number of fused-ring (bicyclic) bond motifs is 1. The zero-order valence-corrected chi connectivity index (χ0v) is 22.5. The molecule has 39 heavy (non-hydrogen) atoms. The van der Waals surface area contributed by atoms with Gasteiger partial charge in [0.1, 0.15) is 5.82 Å². The first kappa shape index (κ1) is 25.6. The smallest absolute Gasteiger partial charge is 0.331 e. The van der Waals surface area contributed by atoms with Gasteiger partial charge in [-0.05, 0) is 64.3 Å². The van der Waals surface area contributed by atoms with E-state index < -0.39 is 12.3 Å². The van der Waals surface area contributed by atoms with Gasteiger partial charge in [-0.15, -0.1) is 0 Å². The number of rotatable bonds is 8. The summed E-state index contributed by atoms with van der Waals surface area (Å²) in [5, 5.41) is 9.35. The van der Waals surface area contributed by atoms with Crippen LogP contribution in [0.3, 0.4) is 0 Å². The maximum atomic E-state index is 11.4. The molecule has 3 aliphatic heterocycles. The monoisotopic (exact) mass is 529 g/mol. The van der Waals surface area contributed by atoms with Gasteiger partial charge in [-0.25, -0.2) is 9.78 Å². The largest absolute Gasteiger partial charge is 0.478 e. The highest BCUT2D eigenvalue weighted by molar-refractivity contribution is 5.91. The first-order valence-electron chi connectivity index (χ1n) is 13.8. The zero-order chi connectivity index (χ0) is 26.9. The molecule has 4 heterocycles. The van der Waals surface area contributed by atoms with Gasteiger partial charge >= 0.3 is 5.97 Å². The normalized spacial score (nSPS) is 21.6. The lowest BCUT2D eigenvalue weighted by Crippen LogP contribution is -2.35. The molecule has 2 atom stereocenters. The van der Waals surface area contributed by atoms with Crippen LogP contribution in [-0.2, 0) is 22.6 Å². The third kappa shape index (κ3) is 5.44. The molecule has 2 aromatic carbocycles. The van der Waals surface area contributed by atoms with Crippen LogP contribution in [-0.4, -0.2) is 51.3 Å². The van der Waals surface area contributed by atoms with E-state index in [0.717, 1.165) is 74.1 Å². The van der Waals surface area contributed by atoms with Gasteiger partial charge in [0.15, 0.2) is 11.5 Å². The Kier molecular flexibility index (Phi) is 7.14. The topological polar surface area (TPSA) is 86.0 Å². The van der Waals surface area contributed by atoms with Crippen LogP contribution in [0.15, 0.2) is 54.2 Å². The van der Waals surface area contributed by atoms with Crippen LogP contribution in [0.1, 0.15) is 66.6 Å². The molecule has 0 spiro atoms. The van der Waals surface area contributed by atoms with E-state index in [1.165, 1.54) is 11.1 Å². The first-order valence-corrected chi connectivity index (χ1v) is 13.8. The number of para-hydroxylation sites is 1. The number of aryl methyl sites for hydroxylation is 1. The summed E-state index contributed by atoms with van der Waals surface area (Å²) in [6.45, 7) is 7.78. The lowest BCUT2D eigenvalue weighted by molar-refractivity contribution is -0.132. The standard InChI is InChI=1S/C31H35N3O5/c1-20-6-8-23(9-7-20)31-38-27-5-3-4-26(29(27)39-31)22-10-13-33(14-11-22)19-28-32-17-24(16-21(2)30(35)36)34(28)18-25-12-15-37-25/h3-9,16-17,22,25,31H,10-15,18-19H2,1-2H3,(H,35,36)/b21-16+. The van der Waals surface area contributed by atoms with Crippen molar-refractivity contribution in [3.05, 3.63) is 82.4 Å². The zero-order valence-electron chi connectivity index (χ0n) is 22.5. The predicted molar refractivity (Wildman–Crippen MR) is 147 cm³/mol. The lowest BCUT2D eigenvalue weighted by atomic mass is 9.88. The Balaban J connectivity index is 1.13. The number of aromatic nitrogens is 2. The van der Waals surface area contributed by atoms with Crippen LogP contribution in [0.4, 0.5) is 0 Å². The van der Waals surface area contributed by atoms with E-state index >= 15 is 0 Å². The summed E-state index contributed by atoms with van der Waals surface area (Å²) in [6, 6.07) is 14.5. The molecule has 3 aromatic rings. The van der Waals surface area contributed by atoms with Gasteiger partial charge in [0.05, 0.1) is 31.1 Å². The van der Waals surface area contributed by atoms with E-state index in [2.05, 4.69) is 52.8 Å². The Bertz CT molecular complexity index is 1370. The van der Waals surface area contributed by atoms with Crippen LogP contribution in [0.25, 0.3) is 6.08 Å². The number of imidazole rings is 1. The van der Waals surface area contributed by atoms with Gasteiger partial charge in [-0.1, -0.05) is 42.0 Å². The second-order valence-corrected chi connectivity index (χ2v) is 10.8. The third-order valence-corrected chi connectivity index (χ3v) is 8.06.